The van der Waals surface area contributed by atoms with Crippen molar-refractivity contribution in [2.45, 2.75) is 32.2 Å². The lowest BCUT2D eigenvalue weighted by Crippen LogP contribution is -2.34. The molecule has 1 aliphatic rings. The number of benzene rings is 2. The van der Waals surface area contributed by atoms with E-state index >= 15 is 0 Å². The van der Waals surface area contributed by atoms with Gasteiger partial charge in [0.1, 0.15) is 5.75 Å². The van der Waals surface area contributed by atoms with Crippen LogP contribution in [0.15, 0.2) is 53.5 Å². The molecule has 0 fully saturated rings. The molecular formula is C21H23F3N4O2. The Balaban J connectivity index is 1.38. The van der Waals surface area contributed by atoms with E-state index in [0.29, 0.717) is 31.5 Å². The maximum absolute atomic E-state index is 12.4. The van der Waals surface area contributed by atoms with Crippen molar-refractivity contribution >= 4 is 17.6 Å². The normalized spacial score (nSPS) is 13.8. The monoisotopic (exact) mass is 420 g/mol. The third-order valence-electron chi connectivity index (χ3n) is 4.65. The highest BCUT2D eigenvalue weighted by Crippen LogP contribution is 2.28. The van der Waals surface area contributed by atoms with Crippen molar-refractivity contribution in [2.75, 3.05) is 18.0 Å². The number of anilines is 1. The third-order valence-corrected chi connectivity index (χ3v) is 4.65. The van der Waals surface area contributed by atoms with Crippen LogP contribution in [0.25, 0.3) is 0 Å². The molecule has 2 aromatic carbocycles. The maximum Gasteiger partial charge on any atom is 0.573 e. The molecule has 0 saturated heterocycles. The molecule has 6 nitrogen and oxygen atoms in total. The molecule has 0 aromatic heterocycles. The first-order chi connectivity index (χ1) is 14.3. The zero-order valence-corrected chi connectivity index (χ0v) is 16.3. The van der Waals surface area contributed by atoms with Gasteiger partial charge in [0.15, 0.2) is 5.96 Å². The second kappa shape index (κ2) is 9.51. The number of hydrogen-bond acceptors (Lipinski definition) is 3. The van der Waals surface area contributed by atoms with Crippen molar-refractivity contribution in [1.82, 2.24) is 5.32 Å². The Bertz CT molecular complexity index is 898. The highest BCUT2D eigenvalue weighted by atomic mass is 19.4. The molecule has 0 atom stereocenters. The number of aliphatic imine (C=N–C) groups is 1. The van der Waals surface area contributed by atoms with Crippen LogP contribution in [-0.2, 0) is 17.8 Å². The Labute approximate surface area is 172 Å². The van der Waals surface area contributed by atoms with Crippen LogP contribution >= 0.6 is 0 Å². The molecule has 0 unspecified atom stereocenters. The highest BCUT2D eigenvalue weighted by molar-refractivity contribution is 5.95. The number of para-hydroxylation sites is 1. The Kier molecular flexibility index (Phi) is 6.81. The first kappa shape index (κ1) is 21.5. The molecule has 1 heterocycles. The van der Waals surface area contributed by atoms with Gasteiger partial charge in [0, 0.05) is 25.2 Å². The van der Waals surface area contributed by atoms with Crippen molar-refractivity contribution in [1.29, 1.82) is 0 Å². The Hall–Kier alpha value is -3.23. The zero-order chi connectivity index (χ0) is 21.6. The van der Waals surface area contributed by atoms with Crippen molar-refractivity contribution in [2.24, 2.45) is 10.7 Å². The lowest BCUT2D eigenvalue weighted by atomic mass is 10.2. The van der Waals surface area contributed by atoms with Crippen LogP contribution in [0.4, 0.5) is 18.9 Å². The van der Waals surface area contributed by atoms with Crippen LogP contribution in [0.3, 0.4) is 0 Å². The summed E-state index contributed by atoms with van der Waals surface area (Å²) in [5, 5.41) is 2.94. The number of rotatable bonds is 7. The quantitative estimate of drug-likeness (QED) is 0.409. The van der Waals surface area contributed by atoms with Gasteiger partial charge >= 0.3 is 6.36 Å². The Morgan fingerprint density at radius 1 is 1.17 bits per heavy atom. The standard InChI is InChI=1S/C21H23F3N4O2/c22-21(23,24)30-17-9-7-15(8-10-17)14-27-20(25)26-12-3-6-19(29)28-13-11-16-4-1-2-5-18(16)28/h1-2,4-5,7-10H,3,6,11-14H2,(H3,25,26,27). The largest absolute Gasteiger partial charge is 0.573 e. The lowest BCUT2D eigenvalue weighted by molar-refractivity contribution is -0.274. The summed E-state index contributed by atoms with van der Waals surface area (Å²) >= 11 is 0. The molecule has 0 aliphatic carbocycles. The molecule has 0 bridgehead atoms. The fourth-order valence-corrected chi connectivity index (χ4v) is 3.22. The number of carbonyl (C=O) groups excluding carboxylic acids is 1. The molecule has 0 spiro atoms. The molecule has 30 heavy (non-hydrogen) atoms. The van der Waals surface area contributed by atoms with Crippen LogP contribution in [0.1, 0.15) is 24.0 Å². The van der Waals surface area contributed by atoms with Crippen molar-refractivity contribution in [3.05, 3.63) is 59.7 Å². The van der Waals surface area contributed by atoms with Gasteiger partial charge in [0.05, 0.1) is 6.54 Å². The van der Waals surface area contributed by atoms with E-state index in [1.54, 1.807) is 0 Å². The first-order valence-corrected chi connectivity index (χ1v) is 9.58. The number of guanidine groups is 1. The number of amides is 1. The predicted molar refractivity (Wildman–Crippen MR) is 108 cm³/mol. The molecule has 160 valence electrons. The van der Waals surface area contributed by atoms with Crippen LogP contribution in [0.5, 0.6) is 5.75 Å². The minimum atomic E-state index is -4.71. The Morgan fingerprint density at radius 2 is 1.90 bits per heavy atom. The molecule has 2 aromatic rings. The van der Waals surface area contributed by atoms with E-state index < -0.39 is 6.36 Å². The van der Waals surface area contributed by atoms with Crippen molar-refractivity contribution in [3.63, 3.8) is 0 Å². The number of fused-ring (bicyclic) bond motifs is 1. The summed E-state index contributed by atoms with van der Waals surface area (Å²) in [4.78, 5) is 18.4. The summed E-state index contributed by atoms with van der Waals surface area (Å²) in [5.41, 5.74) is 8.68. The number of carbonyl (C=O) groups is 1. The minimum absolute atomic E-state index is 0.0819. The number of nitrogens with two attached hydrogens (primary N) is 1. The van der Waals surface area contributed by atoms with E-state index in [0.717, 1.165) is 12.1 Å². The number of hydrogen-bond donors (Lipinski definition) is 2. The molecule has 3 rings (SSSR count). The molecular weight excluding hydrogens is 397 g/mol. The molecule has 0 radical (unpaired) electrons. The fraction of sp³-hybridized carbons (Fsp3) is 0.333. The van der Waals surface area contributed by atoms with Crippen LogP contribution in [0.2, 0.25) is 0 Å². The topological polar surface area (TPSA) is 80.0 Å². The van der Waals surface area contributed by atoms with Gasteiger partial charge in [-0.05, 0) is 42.2 Å². The second-order valence-electron chi connectivity index (χ2n) is 6.85. The van der Waals surface area contributed by atoms with E-state index in [4.69, 9.17) is 5.73 Å². The van der Waals surface area contributed by atoms with Gasteiger partial charge in [-0.3, -0.25) is 4.79 Å². The average molecular weight is 420 g/mol. The number of ether oxygens (including phenoxy) is 1. The smallest absolute Gasteiger partial charge is 0.406 e. The van der Waals surface area contributed by atoms with Crippen molar-refractivity contribution < 1.29 is 22.7 Å². The predicted octanol–water partition coefficient (Wildman–Crippen LogP) is 3.36. The summed E-state index contributed by atoms with van der Waals surface area (Å²) in [5.74, 6) is 0.00892. The molecule has 3 N–H and O–H groups in total. The van der Waals surface area contributed by atoms with E-state index in [1.165, 1.54) is 29.8 Å². The van der Waals surface area contributed by atoms with Gasteiger partial charge in [-0.25, -0.2) is 4.99 Å². The SMILES string of the molecule is NC(=NCc1ccc(OC(F)(F)F)cc1)NCCCC(=O)N1CCc2ccccc21. The van der Waals surface area contributed by atoms with Crippen LogP contribution in [-0.4, -0.2) is 31.3 Å². The first-order valence-electron chi connectivity index (χ1n) is 9.58. The fourth-order valence-electron chi connectivity index (χ4n) is 3.22. The van der Waals surface area contributed by atoms with Gasteiger partial charge in [0.2, 0.25) is 5.91 Å². The maximum atomic E-state index is 12.4. The van der Waals surface area contributed by atoms with Crippen LogP contribution < -0.4 is 20.7 Å². The van der Waals surface area contributed by atoms with Crippen molar-refractivity contribution in [3.8, 4) is 5.75 Å². The number of alkyl halides is 3. The molecule has 0 saturated carbocycles. The van der Waals surface area contributed by atoms with Gasteiger partial charge in [-0.1, -0.05) is 30.3 Å². The summed E-state index contributed by atoms with van der Waals surface area (Å²) < 4.78 is 40.3. The van der Waals surface area contributed by atoms with Gasteiger partial charge in [-0.15, -0.1) is 13.2 Å². The number of nitrogens with one attached hydrogen (secondary N) is 1. The molecule has 1 amide bonds. The summed E-state index contributed by atoms with van der Waals surface area (Å²) in [6.07, 6.45) is -2.83. The molecule has 9 heteroatoms. The van der Waals surface area contributed by atoms with E-state index in [9.17, 15) is 18.0 Å². The second-order valence-corrected chi connectivity index (χ2v) is 6.85. The van der Waals surface area contributed by atoms with E-state index in [-0.39, 0.29) is 24.2 Å². The van der Waals surface area contributed by atoms with Gasteiger partial charge in [0.25, 0.3) is 0 Å². The number of halogens is 3. The zero-order valence-electron chi connectivity index (χ0n) is 16.3. The summed E-state index contributed by atoms with van der Waals surface area (Å²) in [6, 6.07) is 13.3. The number of nitrogens with zero attached hydrogens (tertiary/aromatic N) is 2. The van der Waals surface area contributed by atoms with E-state index in [2.05, 4.69) is 15.0 Å². The lowest BCUT2D eigenvalue weighted by Gasteiger charge is -2.17. The molecule has 1 aliphatic heterocycles. The Morgan fingerprint density at radius 3 is 2.63 bits per heavy atom. The minimum Gasteiger partial charge on any atom is -0.406 e. The van der Waals surface area contributed by atoms with Crippen LogP contribution in [0, 0.1) is 0 Å². The van der Waals surface area contributed by atoms with Gasteiger partial charge in [-0.2, -0.15) is 0 Å². The third kappa shape index (κ3) is 6.13. The summed E-state index contributed by atoms with van der Waals surface area (Å²) in [6.45, 7) is 1.42. The van der Waals surface area contributed by atoms with E-state index in [1.807, 2.05) is 29.2 Å². The summed E-state index contributed by atoms with van der Waals surface area (Å²) in [7, 11) is 0. The average Bonchev–Trinajstić information content (AvgIpc) is 3.14. The van der Waals surface area contributed by atoms with Gasteiger partial charge < -0.3 is 20.7 Å². The highest BCUT2D eigenvalue weighted by Gasteiger charge is 2.30.